The lowest BCUT2D eigenvalue weighted by atomic mass is 10.1. The molecule has 78 valence electrons. The summed E-state index contributed by atoms with van der Waals surface area (Å²) in [7, 11) is 0. The van der Waals surface area contributed by atoms with Gasteiger partial charge in [-0.05, 0) is 25.9 Å². The van der Waals surface area contributed by atoms with Gasteiger partial charge in [0.05, 0.1) is 0 Å². The minimum atomic E-state index is 0.844. The first-order chi connectivity index (χ1) is 6.38. The average molecular weight is 184 g/mol. The maximum absolute atomic E-state index is 3.35. The van der Waals surface area contributed by atoms with Crippen LogP contribution in [0.5, 0.6) is 0 Å². The van der Waals surface area contributed by atoms with Crippen LogP contribution in [0.25, 0.3) is 0 Å². The van der Waals surface area contributed by atoms with Crippen LogP contribution < -0.4 is 5.32 Å². The fourth-order valence-electron chi connectivity index (χ4n) is 1.86. The van der Waals surface area contributed by atoms with Gasteiger partial charge in [-0.2, -0.15) is 0 Å². The molecule has 2 heteroatoms. The Bertz CT molecular complexity index is 121. The molecule has 0 atom stereocenters. The third kappa shape index (κ3) is 3.65. The second-order valence-electron chi connectivity index (χ2n) is 4.06. The largest absolute Gasteiger partial charge is 0.314 e. The number of rotatable bonds is 7. The van der Waals surface area contributed by atoms with E-state index in [2.05, 4.69) is 24.1 Å². The molecule has 1 aliphatic heterocycles. The van der Waals surface area contributed by atoms with E-state index < -0.39 is 0 Å². The van der Waals surface area contributed by atoms with Gasteiger partial charge < -0.3 is 5.32 Å². The molecule has 1 aliphatic rings. The molecule has 13 heavy (non-hydrogen) atoms. The van der Waals surface area contributed by atoms with E-state index in [9.17, 15) is 0 Å². The summed E-state index contributed by atoms with van der Waals surface area (Å²) in [5.41, 5.74) is 0. The monoisotopic (exact) mass is 184 g/mol. The van der Waals surface area contributed by atoms with Crippen LogP contribution in [-0.2, 0) is 0 Å². The van der Waals surface area contributed by atoms with Gasteiger partial charge in [0.25, 0.3) is 0 Å². The van der Waals surface area contributed by atoms with Crippen molar-refractivity contribution in [3.63, 3.8) is 0 Å². The van der Waals surface area contributed by atoms with E-state index in [1.807, 2.05) is 0 Å². The Morgan fingerprint density at radius 1 is 1.08 bits per heavy atom. The molecule has 0 bridgehead atoms. The molecule has 1 rings (SSSR count). The van der Waals surface area contributed by atoms with E-state index in [-0.39, 0.29) is 0 Å². The molecule has 0 spiro atoms. The minimum absolute atomic E-state index is 0.844. The highest BCUT2D eigenvalue weighted by Gasteiger charge is 2.22. The van der Waals surface area contributed by atoms with Crippen LogP contribution in [0.15, 0.2) is 0 Å². The van der Waals surface area contributed by atoms with Crippen LogP contribution >= 0.6 is 0 Å². The number of unbranched alkanes of at least 4 members (excludes halogenated alkanes) is 2. The predicted octanol–water partition coefficient (Wildman–Crippen LogP) is 1.86. The molecule has 0 aromatic carbocycles. The van der Waals surface area contributed by atoms with Crippen LogP contribution in [0.4, 0.5) is 0 Å². The van der Waals surface area contributed by atoms with Crippen molar-refractivity contribution in [1.82, 2.24) is 10.2 Å². The summed E-state index contributed by atoms with van der Waals surface area (Å²) in [4.78, 5) is 2.66. The van der Waals surface area contributed by atoms with Crippen LogP contribution in [0.3, 0.4) is 0 Å². The van der Waals surface area contributed by atoms with Crippen molar-refractivity contribution in [2.45, 2.75) is 45.6 Å². The van der Waals surface area contributed by atoms with E-state index in [0.717, 1.165) is 6.04 Å². The summed E-state index contributed by atoms with van der Waals surface area (Å²) in [6, 6.07) is 0.844. The van der Waals surface area contributed by atoms with Crippen molar-refractivity contribution in [3.05, 3.63) is 0 Å². The third-order valence-corrected chi connectivity index (χ3v) is 2.84. The molecule has 0 aliphatic carbocycles. The van der Waals surface area contributed by atoms with Crippen LogP contribution in [0.1, 0.15) is 39.5 Å². The maximum atomic E-state index is 3.35. The molecule has 0 unspecified atom stereocenters. The van der Waals surface area contributed by atoms with Crippen molar-refractivity contribution in [2.24, 2.45) is 0 Å². The molecule has 0 aromatic rings. The first-order valence-corrected chi connectivity index (χ1v) is 5.83. The Labute approximate surface area is 82.7 Å². The van der Waals surface area contributed by atoms with E-state index in [0.29, 0.717) is 0 Å². The lowest BCUT2D eigenvalue weighted by Gasteiger charge is -2.38. The summed E-state index contributed by atoms with van der Waals surface area (Å²) in [6.45, 7) is 9.58. The van der Waals surface area contributed by atoms with Gasteiger partial charge in [0.15, 0.2) is 0 Å². The minimum Gasteiger partial charge on any atom is -0.314 e. The van der Waals surface area contributed by atoms with Crippen molar-refractivity contribution in [1.29, 1.82) is 0 Å². The lowest BCUT2D eigenvalue weighted by Crippen LogP contribution is -2.57. The zero-order valence-electron chi connectivity index (χ0n) is 9.18. The molecule has 1 saturated heterocycles. The normalized spacial score (nSPS) is 17.8. The summed E-state index contributed by atoms with van der Waals surface area (Å²) < 4.78 is 0. The van der Waals surface area contributed by atoms with Gasteiger partial charge in [0.2, 0.25) is 0 Å². The smallest absolute Gasteiger partial charge is 0.0345 e. The van der Waals surface area contributed by atoms with Gasteiger partial charge in [-0.3, -0.25) is 4.90 Å². The number of hydrogen-bond donors (Lipinski definition) is 1. The Morgan fingerprint density at radius 3 is 2.31 bits per heavy atom. The molecule has 0 amide bonds. The molecule has 1 fully saturated rings. The maximum Gasteiger partial charge on any atom is 0.0345 e. The molecule has 0 radical (unpaired) electrons. The molecule has 2 nitrogen and oxygen atoms in total. The fourth-order valence-corrected chi connectivity index (χ4v) is 1.86. The molecule has 0 saturated carbocycles. The molecule has 0 aromatic heterocycles. The SMILES string of the molecule is CCCCCN(CCC)C1CNC1. The zero-order chi connectivity index (χ0) is 9.52. The van der Waals surface area contributed by atoms with Gasteiger partial charge in [-0.1, -0.05) is 26.7 Å². The Morgan fingerprint density at radius 2 is 1.85 bits per heavy atom. The number of nitrogens with one attached hydrogen (secondary N) is 1. The highest BCUT2D eigenvalue weighted by molar-refractivity contribution is 4.84. The van der Waals surface area contributed by atoms with Crippen molar-refractivity contribution < 1.29 is 0 Å². The van der Waals surface area contributed by atoms with Crippen molar-refractivity contribution in [3.8, 4) is 0 Å². The van der Waals surface area contributed by atoms with Gasteiger partial charge in [0.1, 0.15) is 0 Å². The van der Waals surface area contributed by atoms with E-state index in [4.69, 9.17) is 0 Å². The summed E-state index contributed by atoms with van der Waals surface area (Å²) in [5.74, 6) is 0. The molecular weight excluding hydrogens is 160 g/mol. The zero-order valence-corrected chi connectivity index (χ0v) is 9.18. The summed E-state index contributed by atoms with van der Waals surface area (Å²) >= 11 is 0. The standard InChI is InChI=1S/C11H24N2/c1-3-5-6-8-13(7-4-2)11-9-12-10-11/h11-12H,3-10H2,1-2H3. The van der Waals surface area contributed by atoms with E-state index in [1.165, 1.54) is 51.9 Å². The summed E-state index contributed by atoms with van der Waals surface area (Å²) in [5, 5.41) is 3.35. The highest BCUT2D eigenvalue weighted by Crippen LogP contribution is 2.08. The van der Waals surface area contributed by atoms with Gasteiger partial charge in [-0.15, -0.1) is 0 Å². The second kappa shape index (κ2) is 6.39. The Kier molecular flexibility index (Phi) is 5.40. The summed E-state index contributed by atoms with van der Waals surface area (Å²) in [6.07, 6.45) is 5.40. The average Bonchev–Trinajstić information content (AvgIpc) is 2.02. The first kappa shape index (κ1) is 11.0. The van der Waals surface area contributed by atoms with E-state index in [1.54, 1.807) is 0 Å². The highest BCUT2D eigenvalue weighted by atomic mass is 15.2. The van der Waals surface area contributed by atoms with Gasteiger partial charge in [0, 0.05) is 19.1 Å². The Hall–Kier alpha value is -0.0800. The fraction of sp³-hybridized carbons (Fsp3) is 1.00. The molecular formula is C11H24N2. The van der Waals surface area contributed by atoms with Crippen molar-refractivity contribution in [2.75, 3.05) is 26.2 Å². The third-order valence-electron chi connectivity index (χ3n) is 2.84. The predicted molar refractivity (Wildman–Crippen MR) is 58.0 cm³/mol. The van der Waals surface area contributed by atoms with Crippen molar-refractivity contribution >= 4 is 0 Å². The van der Waals surface area contributed by atoms with E-state index >= 15 is 0 Å². The second-order valence-corrected chi connectivity index (χ2v) is 4.06. The van der Waals surface area contributed by atoms with Crippen LogP contribution in [0, 0.1) is 0 Å². The van der Waals surface area contributed by atoms with Crippen LogP contribution in [-0.4, -0.2) is 37.1 Å². The topological polar surface area (TPSA) is 15.3 Å². The first-order valence-electron chi connectivity index (χ1n) is 5.83. The lowest BCUT2D eigenvalue weighted by molar-refractivity contribution is 0.143. The molecule has 1 heterocycles. The van der Waals surface area contributed by atoms with Gasteiger partial charge in [-0.25, -0.2) is 0 Å². The Balaban J connectivity index is 2.12. The molecule has 1 N–H and O–H groups in total. The van der Waals surface area contributed by atoms with Crippen LogP contribution in [0.2, 0.25) is 0 Å². The number of nitrogens with zero attached hydrogens (tertiary/aromatic N) is 1. The quantitative estimate of drug-likeness (QED) is 0.608. The number of hydrogen-bond acceptors (Lipinski definition) is 2. The van der Waals surface area contributed by atoms with Gasteiger partial charge >= 0.3 is 0 Å².